The fourth-order valence-electron chi connectivity index (χ4n) is 4.63. The monoisotopic (exact) mass is 587 g/mol. The number of carbonyl (C=O) groups excluding carboxylic acids is 1. The van der Waals surface area contributed by atoms with Crippen LogP contribution in [-0.2, 0) is 11.1 Å². The van der Waals surface area contributed by atoms with Gasteiger partial charge >= 0.3 is 6.18 Å². The number of hydrogen-bond acceptors (Lipinski definition) is 7. The van der Waals surface area contributed by atoms with Crippen molar-refractivity contribution in [3.63, 3.8) is 0 Å². The van der Waals surface area contributed by atoms with Crippen LogP contribution in [0.2, 0.25) is 0 Å². The second kappa shape index (κ2) is 10.1. The Kier molecular flexibility index (Phi) is 6.81. The Morgan fingerprint density at radius 2 is 1.71 bits per heavy atom. The summed E-state index contributed by atoms with van der Waals surface area (Å²) < 4.78 is 74.7. The highest BCUT2D eigenvalue weighted by molar-refractivity contribution is 5.95. The first-order valence-corrected chi connectivity index (χ1v) is 13.6. The third kappa shape index (κ3) is 5.48. The SMILES string of the molecule is CC1(N)COc2c1cc(C(O)(CNC(=O)c1ccc(OC3CC3)c(OC3CC3)c1)C(F)(F)F)nc2-c1ccc(F)cc1. The molecule has 42 heavy (non-hydrogen) atoms. The number of ether oxygens (including phenoxy) is 3. The Bertz CT molecular complexity index is 1520. The van der Waals surface area contributed by atoms with Crippen LogP contribution >= 0.6 is 0 Å². The number of nitrogens with one attached hydrogen (secondary N) is 1. The fourth-order valence-corrected chi connectivity index (χ4v) is 4.63. The molecule has 2 heterocycles. The van der Waals surface area contributed by atoms with Crippen molar-refractivity contribution in [1.82, 2.24) is 10.3 Å². The zero-order chi connectivity index (χ0) is 29.9. The van der Waals surface area contributed by atoms with E-state index < -0.39 is 41.3 Å². The lowest BCUT2D eigenvalue weighted by atomic mass is 9.89. The molecule has 0 bridgehead atoms. The molecule has 1 amide bonds. The molecule has 222 valence electrons. The molecule has 2 aliphatic carbocycles. The van der Waals surface area contributed by atoms with Crippen molar-refractivity contribution in [3.8, 4) is 28.5 Å². The molecule has 12 heteroatoms. The van der Waals surface area contributed by atoms with E-state index in [9.17, 15) is 27.5 Å². The molecule has 3 aliphatic rings. The third-order valence-electron chi connectivity index (χ3n) is 7.46. The van der Waals surface area contributed by atoms with Crippen molar-refractivity contribution >= 4 is 5.91 Å². The predicted molar refractivity (Wildman–Crippen MR) is 143 cm³/mol. The van der Waals surface area contributed by atoms with Crippen molar-refractivity contribution in [2.75, 3.05) is 13.2 Å². The van der Waals surface area contributed by atoms with Crippen LogP contribution in [0.15, 0.2) is 48.5 Å². The number of nitrogens with two attached hydrogens (primary N) is 1. The molecule has 2 fully saturated rings. The minimum absolute atomic E-state index is 0.00131. The van der Waals surface area contributed by atoms with Gasteiger partial charge in [-0.25, -0.2) is 9.37 Å². The Balaban J connectivity index is 1.32. The molecule has 2 aromatic carbocycles. The van der Waals surface area contributed by atoms with Crippen LogP contribution in [0.5, 0.6) is 17.2 Å². The van der Waals surface area contributed by atoms with E-state index in [2.05, 4.69) is 10.3 Å². The van der Waals surface area contributed by atoms with Gasteiger partial charge in [0.15, 0.2) is 17.2 Å². The molecule has 2 unspecified atom stereocenters. The lowest BCUT2D eigenvalue weighted by Crippen LogP contribution is -2.51. The lowest BCUT2D eigenvalue weighted by molar-refractivity contribution is -0.265. The minimum atomic E-state index is -5.26. The van der Waals surface area contributed by atoms with Crippen LogP contribution in [0.1, 0.15) is 54.2 Å². The van der Waals surface area contributed by atoms with E-state index in [0.717, 1.165) is 43.9 Å². The largest absolute Gasteiger partial charge is 0.489 e. The summed E-state index contributed by atoms with van der Waals surface area (Å²) in [5.74, 6) is -0.461. The van der Waals surface area contributed by atoms with Gasteiger partial charge in [0.2, 0.25) is 5.60 Å². The highest BCUT2D eigenvalue weighted by Gasteiger charge is 2.57. The quantitative estimate of drug-likeness (QED) is 0.311. The van der Waals surface area contributed by atoms with Crippen molar-refractivity contribution in [2.24, 2.45) is 5.73 Å². The molecule has 3 aromatic rings. The maximum atomic E-state index is 14.6. The minimum Gasteiger partial charge on any atom is -0.489 e. The van der Waals surface area contributed by atoms with Gasteiger partial charge in [0.1, 0.15) is 18.1 Å². The lowest BCUT2D eigenvalue weighted by Gasteiger charge is -2.31. The Morgan fingerprint density at radius 3 is 2.33 bits per heavy atom. The van der Waals surface area contributed by atoms with Crippen LogP contribution in [-0.4, -0.2) is 47.5 Å². The summed E-state index contributed by atoms with van der Waals surface area (Å²) in [5, 5.41) is 13.4. The molecule has 0 saturated heterocycles. The molecule has 6 rings (SSSR count). The summed E-state index contributed by atoms with van der Waals surface area (Å²) in [6.45, 7) is 0.281. The summed E-state index contributed by atoms with van der Waals surface area (Å²) in [4.78, 5) is 17.2. The van der Waals surface area contributed by atoms with Crippen molar-refractivity contribution < 1.29 is 41.7 Å². The highest BCUT2D eigenvalue weighted by Crippen LogP contribution is 2.46. The third-order valence-corrected chi connectivity index (χ3v) is 7.46. The van der Waals surface area contributed by atoms with Crippen molar-refractivity contribution in [1.29, 1.82) is 0 Å². The van der Waals surface area contributed by atoms with E-state index in [1.54, 1.807) is 13.0 Å². The molecular weight excluding hydrogens is 558 g/mol. The Hall–Kier alpha value is -3.90. The van der Waals surface area contributed by atoms with E-state index in [4.69, 9.17) is 19.9 Å². The molecular formula is C30H29F4N3O5. The highest BCUT2D eigenvalue weighted by atomic mass is 19.4. The van der Waals surface area contributed by atoms with Crippen molar-refractivity contribution in [3.05, 3.63) is 71.2 Å². The van der Waals surface area contributed by atoms with E-state index in [0.29, 0.717) is 11.5 Å². The first kappa shape index (κ1) is 28.2. The van der Waals surface area contributed by atoms with E-state index >= 15 is 0 Å². The summed E-state index contributed by atoms with van der Waals surface area (Å²) in [5.41, 5.74) is 1.17. The summed E-state index contributed by atoms with van der Waals surface area (Å²) in [6, 6.07) is 10.4. The smallest absolute Gasteiger partial charge is 0.424 e. The van der Waals surface area contributed by atoms with Crippen LogP contribution in [0.3, 0.4) is 0 Å². The number of rotatable bonds is 9. The van der Waals surface area contributed by atoms with Gasteiger partial charge in [-0.15, -0.1) is 0 Å². The first-order valence-electron chi connectivity index (χ1n) is 13.6. The van der Waals surface area contributed by atoms with E-state index in [1.807, 2.05) is 0 Å². The van der Waals surface area contributed by atoms with Crippen LogP contribution in [0.25, 0.3) is 11.3 Å². The number of halogens is 4. The standard InChI is InChI=1S/C30H29F4N3O5/c1-28(35)15-40-26-21(28)13-24(37-25(26)16-2-5-18(31)6-3-16)29(39,30(32,33)34)14-36-27(38)17-4-11-22(41-19-7-8-19)23(12-17)42-20-9-10-20/h2-6,11-13,19-20,39H,7-10,14-15,35H2,1H3,(H,36,38). The maximum Gasteiger partial charge on any atom is 0.424 e. The number of carbonyl (C=O) groups is 1. The summed E-state index contributed by atoms with van der Waals surface area (Å²) in [6.07, 6.45) is -1.63. The average Bonchev–Trinajstić information content (AvgIpc) is 3.88. The number of pyridine rings is 1. The Labute approximate surface area is 238 Å². The number of fused-ring (bicyclic) bond motifs is 1. The van der Waals surface area contributed by atoms with Gasteiger partial charge in [-0.05, 0) is 81.1 Å². The fraction of sp³-hybridized carbons (Fsp3) is 0.400. The second-order valence-corrected chi connectivity index (χ2v) is 11.3. The molecule has 2 saturated carbocycles. The van der Waals surface area contributed by atoms with Crippen LogP contribution < -0.4 is 25.3 Å². The number of aromatic nitrogens is 1. The number of nitrogens with zero attached hydrogens (tertiary/aromatic N) is 1. The number of hydrogen-bond donors (Lipinski definition) is 3. The van der Waals surface area contributed by atoms with Gasteiger partial charge in [-0.2, -0.15) is 13.2 Å². The van der Waals surface area contributed by atoms with E-state index in [-0.39, 0.29) is 46.9 Å². The molecule has 0 radical (unpaired) electrons. The molecule has 2 atom stereocenters. The molecule has 8 nitrogen and oxygen atoms in total. The number of amides is 1. The summed E-state index contributed by atoms with van der Waals surface area (Å²) >= 11 is 0. The van der Waals surface area contributed by atoms with Gasteiger partial charge < -0.3 is 30.4 Å². The van der Waals surface area contributed by atoms with Gasteiger partial charge in [0, 0.05) is 16.7 Å². The maximum absolute atomic E-state index is 14.6. The number of benzene rings is 2. The molecule has 1 aromatic heterocycles. The van der Waals surface area contributed by atoms with Gasteiger partial charge in [0.05, 0.1) is 30.0 Å². The molecule has 0 spiro atoms. The van der Waals surface area contributed by atoms with Crippen LogP contribution in [0, 0.1) is 5.82 Å². The zero-order valence-corrected chi connectivity index (χ0v) is 22.6. The van der Waals surface area contributed by atoms with Gasteiger partial charge in [-0.1, -0.05) is 0 Å². The Morgan fingerprint density at radius 1 is 1.07 bits per heavy atom. The van der Waals surface area contributed by atoms with E-state index in [1.165, 1.54) is 24.3 Å². The summed E-state index contributed by atoms with van der Waals surface area (Å²) in [7, 11) is 0. The number of aliphatic hydroxyl groups is 1. The molecule has 1 aliphatic heterocycles. The predicted octanol–water partition coefficient (Wildman–Crippen LogP) is 4.72. The zero-order valence-electron chi connectivity index (χ0n) is 22.6. The van der Waals surface area contributed by atoms with Gasteiger partial charge in [0.25, 0.3) is 5.91 Å². The second-order valence-electron chi connectivity index (χ2n) is 11.3. The molecule has 4 N–H and O–H groups in total. The van der Waals surface area contributed by atoms with Crippen molar-refractivity contribution in [2.45, 2.75) is 62.1 Å². The topological polar surface area (TPSA) is 116 Å². The van der Waals surface area contributed by atoms with Gasteiger partial charge in [-0.3, -0.25) is 4.79 Å². The number of alkyl halides is 3. The van der Waals surface area contributed by atoms with Crippen LogP contribution in [0.4, 0.5) is 17.6 Å². The average molecular weight is 588 g/mol. The first-order chi connectivity index (χ1) is 19.8. The normalized spacial score (nSPS) is 21.2.